The topological polar surface area (TPSA) is 42.9 Å². The van der Waals surface area contributed by atoms with Crippen molar-refractivity contribution in [3.05, 3.63) is 35.4 Å². The Balaban J connectivity index is 0.00000364. The first-order valence-corrected chi connectivity index (χ1v) is 9.97. The van der Waals surface area contributed by atoms with Gasteiger partial charge < -0.3 is 20.4 Å². The van der Waals surface area contributed by atoms with E-state index in [1.807, 2.05) is 7.05 Å². The molecule has 1 aliphatic rings. The summed E-state index contributed by atoms with van der Waals surface area (Å²) in [7, 11) is 6.05. The number of hydrogen-bond donors (Lipinski definition) is 2. The minimum Gasteiger partial charge on any atom is -0.356 e. The van der Waals surface area contributed by atoms with Crippen molar-refractivity contribution in [1.82, 2.24) is 20.4 Å². The molecule has 0 amide bonds. The fraction of sp³-hybridized carbons (Fsp3) is 0.667. The molecule has 154 valence electrons. The summed E-state index contributed by atoms with van der Waals surface area (Å²) in [6.07, 6.45) is 3.86. The van der Waals surface area contributed by atoms with Crippen LogP contribution in [0.4, 0.5) is 0 Å². The molecule has 1 heterocycles. The second kappa shape index (κ2) is 13.3. The summed E-state index contributed by atoms with van der Waals surface area (Å²) in [5, 5.41) is 6.90. The van der Waals surface area contributed by atoms with Crippen molar-refractivity contribution in [2.75, 3.05) is 47.3 Å². The molecular formula is C21H38IN5. The lowest BCUT2D eigenvalue weighted by Gasteiger charge is -2.30. The van der Waals surface area contributed by atoms with Crippen LogP contribution in [0.25, 0.3) is 0 Å². The third-order valence-electron chi connectivity index (χ3n) is 5.09. The van der Waals surface area contributed by atoms with E-state index in [1.165, 1.54) is 43.6 Å². The molecule has 2 N–H and O–H groups in total. The van der Waals surface area contributed by atoms with Crippen LogP contribution in [-0.4, -0.2) is 63.1 Å². The summed E-state index contributed by atoms with van der Waals surface area (Å²) in [6, 6.07) is 8.60. The van der Waals surface area contributed by atoms with Crippen molar-refractivity contribution in [2.45, 2.75) is 39.3 Å². The van der Waals surface area contributed by atoms with Crippen LogP contribution in [0.3, 0.4) is 0 Å². The maximum absolute atomic E-state index is 4.36. The lowest BCUT2D eigenvalue weighted by Crippen LogP contribution is -2.39. The van der Waals surface area contributed by atoms with E-state index in [0.29, 0.717) is 0 Å². The zero-order valence-electron chi connectivity index (χ0n) is 17.5. The second-order valence-electron chi connectivity index (χ2n) is 7.74. The Morgan fingerprint density at radius 3 is 2.44 bits per heavy atom. The zero-order valence-corrected chi connectivity index (χ0v) is 19.8. The van der Waals surface area contributed by atoms with E-state index in [1.54, 1.807) is 0 Å². The van der Waals surface area contributed by atoms with Gasteiger partial charge in [0, 0.05) is 26.7 Å². The Bertz CT molecular complexity index is 553. The highest BCUT2D eigenvalue weighted by atomic mass is 127. The average Bonchev–Trinajstić information content (AvgIpc) is 2.63. The highest BCUT2D eigenvalue weighted by Gasteiger charge is 2.14. The zero-order chi connectivity index (χ0) is 18.8. The van der Waals surface area contributed by atoms with Crippen LogP contribution < -0.4 is 10.6 Å². The van der Waals surface area contributed by atoms with E-state index in [4.69, 9.17) is 0 Å². The number of nitrogens with one attached hydrogen (secondary N) is 2. The van der Waals surface area contributed by atoms with Crippen molar-refractivity contribution >= 4 is 29.9 Å². The van der Waals surface area contributed by atoms with Crippen LogP contribution in [0.2, 0.25) is 0 Å². The highest BCUT2D eigenvalue weighted by molar-refractivity contribution is 14.0. The van der Waals surface area contributed by atoms with Crippen LogP contribution in [0.1, 0.15) is 37.3 Å². The van der Waals surface area contributed by atoms with Gasteiger partial charge in [-0.3, -0.25) is 4.99 Å². The average molecular weight is 487 g/mol. The smallest absolute Gasteiger partial charge is 0.191 e. The van der Waals surface area contributed by atoms with Gasteiger partial charge in [0.15, 0.2) is 5.96 Å². The molecule has 1 aliphatic heterocycles. The van der Waals surface area contributed by atoms with Crippen LogP contribution in [0.15, 0.2) is 29.3 Å². The molecule has 0 bridgehead atoms. The van der Waals surface area contributed by atoms with Gasteiger partial charge in [0.25, 0.3) is 0 Å². The van der Waals surface area contributed by atoms with Crippen molar-refractivity contribution in [3.8, 4) is 0 Å². The maximum Gasteiger partial charge on any atom is 0.191 e. The molecule has 1 aromatic rings. The van der Waals surface area contributed by atoms with Crippen LogP contribution in [0.5, 0.6) is 0 Å². The molecule has 2 rings (SSSR count). The van der Waals surface area contributed by atoms with Gasteiger partial charge in [0.2, 0.25) is 0 Å². The molecule has 1 fully saturated rings. The number of piperidine rings is 1. The first kappa shape index (κ1) is 24.2. The summed E-state index contributed by atoms with van der Waals surface area (Å²) in [5.74, 6) is 1.79. The van der Waals surface area contributed by atoms with E-state index >= 15 is 0 Å². The number of aliphatic imine (C=N–C) groups is 1. The molecule has 0 aromatic heterocycles. The van der Waals surface area contributed by atoms with Gasteiger partial charge in [0.1, 0.15) is 0 Å². The first-order valence-electron chi connectivity index (χ1n) is 9.97. The van der Waals surface area contributed by atoms with Crippen LogP contribution >= 0.6 is 24.0 Å². The van der Waals surface area contributed by atoms with Crippen LogP contribution in [0, 0.1) is 5.92 Å². The normalized spacial score (nSPS) is 16.3. The fourth-order valence-electron chi connectivity index (χ4n) is 3.42. The van der Waals surface area contributed by atoms with E-state index < -0.39 is 0 Å². The van der Waals surface area contributed by atoms with Gasteiger partial charge in [-0.05, 0) is 70.0 Å². The quantitative estimate of drug-likeness (QED) is 0.256. The molecule has 0 spiro atoms. The second-order valence-corrected chi connectivity index (χ2v) is 7.74. The van der Waals surface area contributed by atoms with Gasteiger partial charge in [-0.25, -0.2) is 0 Å². The largest absolute Gasteiger partial charge is 0.356 e. The SMILES string of the molecule is CN=C(NCCCN1CCC(C)CC1)NCc1ccccc1CN(C)C.I. The third-order valence-corrected chi connectivity index (χ3v) is 5.09. The summed E-state index contributed by atoms with van der Waals surface area (Å²) >= 11 is 0. The Hall–Kier alpha value is -0.860. The number of rotatable bonds is 8. The Morgan fingerprint density at radius 1 is 1.15 bits per heavy atom. The summed E-state index contributed by atoms with van der Waals surface area (Å²) in [6.45, 7) is 8.79. The van der Waals surface area contributed by atoms with Crippen molar-refractivity contribution < 1.29 is 0 Å². The highest BCUT2D eigenvalue weighted by Crippen LogP contribution is 2.15. The minimum absolute atomic E-state index is 0. The van der Waals surface area contributed by atoms with Crippen molar-refractivity contribution in [2.24, 2.45) is 10.9 Å². The van der Waals surface area contributed by atoms with Crippen LogP contribution in [-0.2, 0) is 13.1 Å². The van der Waals surface area contributed by atoms with Crippen molar-refractivity contribution in [3.63, 3.8) is 0 Å². The summed E-state index contributed by atoms with van der Waals surface area (Å²) in [4.78, 5) is 9.15. The monoisotopic (exact) mass is 487 g/mol. The molecule has 0 unspecified atom stereocenters. The molecule has 27 heavy (non-hydrogen) atoms. The number of benzene rings is 1. The van der Waals surface area contributed by atoms with Gasteiger partial charge in [-0.2, -0.15) is 0 Å². The summed E-state index contributed by atoms with van der Waals surface area (Å²) in [5.41, 5.74) is 2.69. The third kappa shape index (κ3) is 9.25. The van der Waals surface area contributed by atoms with E-state index in [2.05, 4.69) is 70.7 Å². The molecule has 0 atom stereocenters. The Morgan fingerprint density at radius 2 is 1.81 bits per heavy atom. The number of nitrogens with zero attached hydrogens (tertiary/aromatic N) is 3. The molecule has 1 saturated heterocycles. The molecular weight excluding hydrogens is 449 g/mol. The van der Waals surface area contributed by atoms with Gasteiger partial charge >= 0.3 is 0 Å². The lowest BCUT2D eigenvalue weighted by atomic mass is 9.99. The Labute approximate surface area is 183 Å². The number of likely N-dealkylation sites (tertiary alicyclic amines) is 1. The van der Waals surface area contributed by atoms with E-state index in [9.17, 15) is 0 Å². The maximum atomic E-state index is 4.36. The van der Waals surface area contributed by atoms with E-state index in [0.717, 1.165) is 37.9 Å². The first-order chi connectivity index (χ1) is 12.6. The predicted octanol–water partition coefficient (Wildman–Crippen LogP) is 3.15. The molecule has 6 heteroatoms. The molecule has 5 nitrogen and oxygen atoms in total. The summed E-state index contributed by atoms with van der Waals surface area (Å²) < 4.78 is 0. The lowest BCUT2D eigenvalue weighted by molar-refractivity contribution is 0.191. The molecule has 0 saturated carbocycles. The van der Waals surface area contributed by atoms with Crippen molar-refractivity contribution in [1.29, 1.82) is 0 Å². The van der Waals surface area contributed by atoms with E-state index in [-0.39, 0.29) is 24.0 Å². The number of halogens is 1. The number of hydrogen-bond acceptors (Lipinski definition) is 3. The molecule has 0 radical (unpaired) electrons. The van der Waals surface area contributed by atoms with Gasteiger partial charge in [0.05, 0.1) is 0 Å². The fourth-order valence-corrected chi connectivity index (χ4v) is 3.42. The van der Waals surface area contributed by atoms with Gasteiger partial charge in [-0.15, -0.1) is 24.0 Å². The van der Waals surface area contributed by atoms with Gasteiger partial charge in [-0.1, -0.05) is 31.2 Å². The predicted molar refractivity (Wildman–Crippen MR) is 127 cm³/mol. The Kier molecular flexibility index (Phi) is 11.9. The minimum atomic E-state index is 0. The standard InChI is InChI=1S/C21H37N5.HI/c1-18-10-14-26(15-11-18)13-7-12-23-21(22-2)24-16-19-8-5-6-9-20(19)17-25(3)4;/h5-6,8-9,18H,7,10-17H2,1-4H3,(H2,22,23,24);1H. The number of guanidine groups is 1. The molecule has 0 aliphatic carbocycles. The molecule has 1 aromatic carbocycles.